The first-order valence-corrected chi connectivity index (χ1v) is 5.06. The molecule has 1 heterocycles. The Balaban J connectivity index is 2.70. The quantitative estimate of drug-likeness (QED) is 0.723. The van der Waals surface area contributed by atoms with Crippen molar-refractivity contribution in [2.45, 2.75) is 40.7 Å². The number of nitrogens with one attached hydrogen (secondary N) is 1. The van der Waals surface area contributed by atoms with E-state index in [0.717, 1.165) is 17.7 Å². The molecule has 0 unspecified atom stereocenters. The van der Waals surface area contributed by atoms with Crippen LogP contribution in [0.1, 0.15) is 32.9 Å². The van der Waals surface area contributed by atoms with Crippen LogP contribution in [0, 0.1) is 17.1 Å². The summed E-state index contributed by atoms with van der Waals surface area (Å²) in [6.07, 6.45) is 3.12. The van der Waals surface area contributed by atoms with Gasteiger partial charge < -0.3 is 9.55 Å². The fourth-order valence-corrected chi connectivity index (χ4v) is 1.50. The predicted octanol–water partition coefficient (Wildman–Crippen LogP) is 3.29. The van der Waals surface area contributed by atoms with Crippen LogP contribution in [0.4, 0.5) is 0 Å². The van der Waals surface area contributed by atoms with E-state index in [-0.39, 0.29) is 0 Å². The van der Waals surface area contributed by atoms with Crippen molar-refractivity contribution in [2.24, 2.45) is 5.41 Å². The zero-order valence-electron chi connectivity index (χ0n) is 8.85. The van der Waals surface area contributed by atoms with E-state index in [4.69, 9.17) is 12.2 Å². The molecule has 1 aromatic rings. The van der Waals surface area contributed by atoms with Crippen LogP contribution in [0.2, 0.25) is 0 Å². The van der Waals surface area contributed by atoms with Gasteiger partial charge >= 0.3 is 0 Å². The Morgan fingerprint density at radius 3 is 2.46 bits per heavy atom. The van der Waals surface area contributed by atoms with E-state index >= 15 is 0 Å². The summed E-state index contributed by atoms with van der Waals surface area (Å²) in [6.45, 7) is 9.84. The van der Waals surface area contributed by atoms with Crippen LogP contribution < -0.4 is 0 Å². The molecule has 0 aromatic carbocycles. The fourth-order valence-electron chi connectivity index (χ4n) is 1.21. The number of hydrogen-bond donors (Lipinski definition) is 1. The zero-order chi connectivity index (χ0) is 10.1. The van der Waals surface area contributed by atoms with Crippen molar-refractivity contribution in [3.8, 4) is 0 Å². The third-order valence-corrected chi connectivity index (χ3v) is 2.50. The zero-order valence-corrected chi connectivity index (χ0v) is 9.66. The van der Waals surface area contributed by atoms with Crippen LogP contribution in [0.15, 0.2) is 6.20 Å². The number of aromatic nitrogens is 2. The Hall–Kier alpha value is -0.570. The van der Waals surface area contributed by atoms with Crippen molar-refractivity contribution in [2.75, 3.05) is 0 Å². The number of aryl methyl sites for hydroxylation is 1. The van der Waals surface area contributed by atoms with E-state index in [1.54, 1.807) is 0 Å². The van der Waals surface area contributed by atoms with Crippen molar-refractivity contribution in [3.63, 3.8) is 0 Å². The van der Waals surface area contributed by atoms with Crippen LogP contribution in [-0.2, 0) is 6.54 Å². The third-order valence-electron chi connectivity index (χ3n) is 2.16. The predicted molar refractivity (Wildman–Crippen MR) is 58.4 cm³/mol. The molecule has 0 aliphatic rings. The molecule has 0 aliphatic carbocycles. The maximum atomic E-state index is 5.17. The summed E-state index contributed by atoms with van der Waals surface area (Å²) in [4.78, 5) is 3.05. The largest absolute Gasteiger partial charge is 0.337 e. The molecule has 0 amide bonds. The first-order chi connectivity index (χ1) is 5.90. The molecule has 2 nitrogen and oxygen atoms in total. The van der Waals surface area contributed by atoms with Gasteiger partial charge in [0.2, 0.25) is 0 Å². The normalized spacial score (nSPS) is 12.0. The molecule has 1 rings (SSSR count). The first kappa shape index (κ1) is 10.5. The minimum absolute atomic E-state index is 0.373. The lowest BCUT2D eigenvalue weighted by molar-refractivity contribution is 0.348. The van der Waals surface area contributed by atoms with Crippen molar-refractivity contribution in [1.82, 2.24) is 9.55 Å². The topological polar surface area (TPSA) is 20.7 Å². The van der Waals surface area contributed by atoms with Gasteiger partial charge in [0.25, 0.3) is 0 Å². The lowest BCUT2D eigenvalue weighted by Gasteiger charge is -2.18. The summed E-state index contributed by atoms with van der Waals surface area (Å²) in [5.74, 6) is 0. The molecule has 0 atom stereocenters. The highest BCUT2D eigenvalue weighted by Crippen LogP contribution is 2.19. The van der Waals surface area contributed by atoms with Crippen LogP contribution in [-0.4, -0.2) is 9.55 Å². The Morgan fingerprint density at radius 2 is 2.08 bits per heavy atom. The van der Waals surface area contributed by atoms with Crippen LogP contribution in [0.3, 0.4) is 0 Å². The average molecular weight is 198 g/mol. The summed E-state index contributed by atoms with van der Waals surface area (Å²) in [5, 5.41) is 0. The first-order valence-electron chi connectivity index (χ1n) is 4.65. The van der Waals surface area contributed by atoms with Crippen LogP contribution >= 0.6 is 12.2 Å². The van der Waals surface area contributed by atoms with Gasteiger partial charge in [0.15, 0.2) is 4.77 Å². The van der Waals surface area contributed by atoms with Gasteiger partial charge in [-0.05, 0) is 31.0 Å². The van der Waals surface area contributed by atoms with E-state index in [1.807, 2.05) is 6.20 Å². The SMILES string of the molecule is Cc1c[nH]c(=S)n1CCC(C)(C)C. The Kier molecular flexibility index (Phi) is 2.96. The summed E-state index contributed by atoms with van der Waals surface area (Å²) in [7, 11) is 0. The van der Waals surface area contributed by atoms with Gasteiger partial charge in [0.1, 0.15) is 0 Å². The van der Waals surface area contributed by atoms with Crippen molar-refractivity contribution in [3.05, 3.63) is 16.7 Å². The Morgan fingerprint density at radius 1 is 1.46 bits per heavy atom. The number of nitrogens with zero attached hydrogens (tertiary/aromatic N) is 1. The minimum Gasteiger partial charge on any atom is -0.337 e. The molecule has 0 aliphatic heterocycles. The van der Waals surface area contributed by atoms with Crippen molar-refractivity contribution in [1.29, 1.82) is 0 Å². The molecule has 0 radical (unpaired) electrons. The van der Waals surface area contributed by atoms with E-state index in [1.165, 1.54) is 5.69 Å². The number of hydrogen-bond acceptors (Lipinski definition) is 1. The second kappa shape index (κ2) is 3.66. The summed E-state index contributed by atoms with van der Waals surface area (Å²) < 4.78 is 2.99. The van der Waals surface area contributed by atoms with E-state index in [0.29, 0.717) is 5.41 Å². The van der Waals surface area contributed by atoms with Gasteiger partial charge in [0, 0.05) is 18.4 Å². The molecule has 3 heteroatoms. The minimum atomic E-state index is 0.373. The molecule has 74 valence electrons. The Labute approximate surface area is 85.0 Å². The maximum absolute atomic E-state index is 5.17. The lowest BCUT2D eigenvalue weighted by Crippen LogP contribution is -2.11. The smallest absolute Gasteiger partial charge is 0.177 e. The summed E-state index contributed by atoms with van der Waals surface area (Å²) >= 11 is 5.17. The second-order valence-corrected chi connectivity index (χ2v) is 5.08. The molecular formula is C10H18N2S. The van der Waals surface area contributed by atoms with Gasteiger partial charge in [-0.25, -0.2) is 0 Å². The van der Waals surface area contributed by atoms with Gasteiger partial charge in [-0.15, -0.1) is 0 Å². The van der Waals surface area contributed by atoms with Gasteiger partial charge in [0.05, 0.1) is 0 Å². The Bertz CT molecular complexity index is 327. The molecule has 0 spiro atoms. The molecule has 13 heavy (non-hydrogen) atoms. The van der Waals surface area contributed by atoms with Crippen LogP contribution in [0.25, 0.3) is 0 Å². The van der Waals surface area contributed by atoms with Gasteiger partial charge in [-0.2, -0.15) is 0 Å². The van der Waals surface area contributed by atoms with Crippen LogP contribution in [0.5, 0.6) is 0 Å². The number of H-pyrrole nitrogens is 1. The number of rotatable bonds is 2. The van der Waals surface area contributed by atoms with E-state index in [9.17, 15) is 0 Å². The summed E-state index contributed by atoms with van der Waals surface area (Å²) in [5.41, 5.74) is 1.59. The number of aromatic amines is 1. The van der Waals surface area contributed by atoms with E-state index < -0.39 is 0 Å². The highest BCUT2D eigenvalue weighted by Gasteiger charge is 2.10. The molecule has 0 saturated carbocycles. The monoisotopic (exact) mass is 198 g/mol. The van der Waals surface area contributed by atoms with Gasteiger partial charge in [-0.3, -0.25) is 0 Å². The highest BCUT2D eigenvalue weighted by atomic mass is 32.1. The molecular weight excluding hydrogens is 180 g/mol. The third kappa shape index (κ3) is 2.99. The average Bonchev–Trinajstić information content (AvgIpc) is 2.27. The van der Waals surface area contributed by atoms with Crippen molar-refractivity contribution >= 4 is 12.2 Å². The highest BCUT2D eigenvalue weighted by molar-refractivity contribution is 7.71. The molecule has 1 aromatic heterocycles. The molecule has 1 N–H and O–H groups in total. The molecule has 0 saturated heterocycles. The fraction of sp³-hybridized carbons (Fsp3) is 0.700. The molecule has 0 fully saturated rings. The van der Waals surface area contributed by atoms with Gasteiger partial charge in [-0.1, -0.05) is 20.8 Å². The summed E-state index contributed by atoms with van der Waals surface area (Å²) in [6, 6.07) is 0. The van der Waals surface area contributed by atoms with Crippen molar-refractivity contribution < 1.29 is 0 Å². The molecule has 0 bridgehead atoms. The lowest BCUT2D eigenvalue weighted by atomic mass is 9.92. The standard InChI is InChI=1S/C10H18N2S/c1-8-7-11-9(13)12(8)6-5-10(2,3)4/h7H,5-6H2,1-4H3,(H,11,13). The second-order valence-electron chi connectivity index (χ2n) is 4.70. The number of imidazole rings is 1. The van der Waals surface area contributed by atoms with E-state index in [2.05, 4.69) is 37.2 Å². The maximum Gasteiger partial charge on any atom is 0.177 e.